The Kier molecular flexibility index (Phi) is 3.73. The van der Waals surface area contributed by atoms with Gasteiger partial charge in [-0.1, -0.05) is 0 Å². The summed E-state index contributed by atoms with van der Waals surface area (Å²) in [5.74, 6) is 1.88. The number of hydrogen-bond donors (Lipinski definition) is 0. The largest absolute Gasteiger partial charge is 0.486 e. The van der Waals surface area contributed by atoms with Crippen molar-refractivity contribution in [3.8, 4) is 11.5 Å². The summed E-state index contributed by atoms with van der Waals surface area (Å²) < 4.78 is 11.2. The molecule has 1 fully saturated rings. The number of fused-ring (bicyclic) bond motifs is 1. The summed E-state index contributed by atoms with van der Waals surface area (Å²) in [6, 6.07) is 9.98. The van der Waals surface area contributed by atoms with Crippen molar-refractivity contribution >= 4 is 22.9 Å². The molecular formula is C18H19NO3S. The maximum atomic E-state index is 12.7. The highest BCUT2D eigenvalue weighted by Crippen LogP contribution is 2.38. The van der Waals surface area contributed by atoms with Gasteiger partial charge in [0.2, 0.25) is 5.91 Å². The molecule has 2 heterocycles. The van der Waals surface area contributed by atoms with Gasteiger partial charge in [0, 0.05) is 27.4 Å². The van der Waals surface area contributed by atoms with Crippen LogP contribution in [0.2, 0.25) is 0 Å². The fraction of sp³-hybridized carbons (Fsp3) is 0.389. The van der Waals surface area contributed by atoms with Crippen LogP contribution >= 0.6 is 11.3 Å². The van der Waals surface area contributed by atoms with Gasteiger partial charge in [0.1, 0.15) is 13.2 Å². The van der Waals surface area contributed by atoms with E-state index in [9.17, 15) is 4.79 Å². The predicted octanol–water partition coefficient (Wildman–Crippen LogP) is 3.77. The Balaban J connectivity index is 1.65. The lowest BCUT2D eigenvalue weighted by Crippen LogP contribution is -2.31. The average molecular weight is 329 g/mol. The lowest BCUT2D eigenvalue weighted by molar-refractivity contribution is -0.119. The van der Waals surface area contributed by atoms with Crippen molar-refractivity contribution in [3.63, 3.8) is 0 Å². The van der Waals surface area contributed by atoms with Crippen LogP contribution in [0.15, 0.2) is 30.3 Å². The van der Waals surface area contributed by atoms with E-state index in [1.54, 1.807) is 11.3 Å². The topological polar surface area (TPSA) is 38.8 Å². The molecule has 1 amide bonds. The van der Waals surface area contributed by atoms with Gasteiger partial charge in [-0.15, -0.1) is 11.3 Å². The third-order valence-electron chi connectivity index (χ3n) is 4.14. The van der Waals surface area contributed by atoms with E-state index in [2.05, 4.69) is 19.1 Å². The van der Waals surface area contributed by atoms with Crippen LogP contribution in [0.4, 0.5) is 5.69 Å². The van der Waals surface area contributed by atoms with E-state index in [-0.39, 0.29) is 11.8 Å². The summed E-state index contributed by atoms with van der Waals surface area (Å²) in [5, 5.41) is 0. The molecule has 0 saturated heterocycles. The minimum Gasteiger partial charge on any atom is -0.486 e. The molecule has 5 heteroatoms. The van der Waals surface area contributed by atoms with E-state index in [0.717, 1.165) is 30.0 Å². The van der Waals surface area contributed by atoms with Gasteiger partial charge < -0.3 is 14.4 Å². The van der Waals surface area contributed by atoms with Crippen LogP contribution in [0.25, 0.3) is 0 Å². The molecular weight excluding hydrogens is 310 g/mol. The van der Waals surface area contributed by atoms with Gasteiger partial charge in [0.25, 0.3) is 0 Å². The van der Waals surface area contributed by atoms with Gasteiger partial charge in [0.05, 0.1) is 6.54 Å². The number of anilines is 1. The molecule has 0 N–H and O–H groups in total. The van der Waals surface area contributed by atoms with Gasteiger partial charge in [-0.2, -0.15) is 0 Å². The summed E-state index contributed by atoms with van der Waals surface area (Å²) in [4.78, 5) is 17.1. The van der Waals surface area contributed by atoms with Crippen LogP contribution in [0, 0.1) is 12.8 Å². The number of ether oxygens (including phenoxy) is 2. The Morgan fingerprint density at radius 1 is 1.17 bits per heavy atom. The number of nitrogens with zero attached hydrogens (tertiary/aromatic N) is 1. The van der Waals surface area contributed by atoms with E-state index in [4.69, 9.17) is 9.47 Å². The van der Waals surface area contributed by atoms with Crippen LogP contribution in [0.3, 0.4) is 0 Å². The molecule has 120 valence electrons. The highest BCUT2D eigenvalue weighted by atomic mass is 32.1. The van der Waals surface area contributed by atoms with Crippen molar-refractivity contribution < 1.29 is 14.3 Å². The van der Waals surface area contributed by atoms with Gasteiger partial charge in [0.15, 0.2) is 11.5 Å². The Labute approximate surface area is 139 Å². The van der Waals surface area contributed by atoms with E-state index in [1.165, 1.54) is 9.75 Å². The maximum absolute atomic E-state index is 12.7. The third kappa shape index (κ3) is 3.06. The van der Waals surface area contributed by atoms with E-state index < -0.39 is 0 Å². The summed E-state index contributed by atoms with van der Waals surface area (Å²) in [6.45, 7) is 3.83. The normalized spacial score (nSPS) is 16.2. The number of carbonyl (C=O) groups is 1. The maximum Gasteiger partial charge on any atom is 0.230 e. The third-order valence-corrected chi connectivity index (χ3v) is 5.13. The molecule has 0 unspecified atom stereocenters. The summed E-state index contributed by atoms with van der Waals surface area (Å²) in [7, 11) is 0. The number of hydrogen-bond acceptors (Lipinski definition) is 4. The number of thiophene rings is 1. The summed E-state index contributed by atoms with van der Waals surface area (Å²) in [5.41, 5.74) is 0.886. The van der Waals surface area contributed by atoms with Crippen molar-refractivity contribution in [2.24, 2.45) is 5.92 Å². The lowest BCUT2D eigenvalue weighted by atomic mass is 10.2. The Morgan fingerprint density at radius 3 is 2.65 bits per heavy atom. The van der Waals surface area contributed by atoms with Crippen molar-refractivity contribution in [2.75, 3.05) is 18.1 Å². The zero-order valence-corrected chi connectivity index (χ0v) is 13.9. The Bertz CT molecular complexity index is 736. The minimum absolute atomic E-state index is 0.184. The fourth-order valence-electron chi connectivity index (χ4n) is 2.77. The average Bonchev–Trinajstić information content (AvgIpc) is 3.34. The number of amides is 1. The van der Waals surface area contributed by atoms with Crippen LogP contribution in [-0.2, 0) is 11.3 Å². The molecule has 0 spiro atoms. The molecule has 23 heavy (non-hydrogen) atoms. The number of carbonyl (C=O) groups excluding carboxylic acids is 1. The summed E-state index contributed by atoms with van der Waals surface area (Å²) >= 11 is 1.74. The van der Waals surface area contributed by atoms with Crippen LogP contribution in [0.1, 0.15) is 22.6 Å². The second-order valence-corrected chi connectivity index (χ2v) is 7.41. The first-order chi connectivity index (χ1) is 11.2. The molecule has 0 bridgehead atoms. The second-order valence-electron chi connectivity index (χ2n) is 6.04. The molecule has 1 aromatic heterocycles. The van der Waals surface area contributed by atoms with Crippen molar-refractivity contribution in [1.82, 2.24) is 0 Å². The van der Waals surface area contributed by atoms with Crippen LogP contribution in [0.5, 0.6) is 11.5 Å². The van der Waals surface area contributed by atoms with Crippen molar-refractivity contribution in [3.05, 3.63) is 40.1 Å². The summed E-state index contributed by atoms with van der Waals surface area (Å²) in [6.07, 6.45) is 2.01. The monoisotopic (exact) mass is 329 g/mol. The van der Waals surface area contributed by atoms with Gasteiger partial charge in [-0.3, -0.25) is 4.79 Å². The first-order valence-corrected chi connectivity index (χ1v) is 8.79. The molecule has 1 aromatic carbocycles. The second kappa shape index (κ2) is 5.89. The van der Waals surface area contributed by atoms with Gasteiger partial charge in [-0.25, -0.2) is 0 Å². The molecule has 1 saturated carbocycles. The molecule has 0 atom stereocenters. The highest BCUT2D eigenvalue weighted by Gasteiger charge is 2.34. The van der Waals surface area contributed by atoms with Crippen molar-refractivity contribution in [2.45, 2.75) is 26.3 Å². The van der Waals surface area contributed by atoms with E-state index in [0.29, 0.717) is 19.8 Å². The highest BCUT2D eigenvalue weighted by molar-refractivity contribution is 7.11. The van der Waals surface area contributed by atoms with Crippen LogP contribution < -0.4 is 14.4 Å². The minimum atomic E-state index is 0.184. The number of rotatable bonds is 4. The smallest absolute Gasteiger partial charge is 0.230 e. The van der Waals surface area contributed by atoms with E-state index >= 15 is 0 Å². The van der Waals surface area contributed by atoms with Crippen LogP contribution in [-0.4, -0.2) is 19.1 Å². The van der Waals surface area contributed by atoms with Gasteiger partial charge >= 0.3 is 0 Å². The standard InChI is InChI=1S/C18H19NO3S/c1-12-2-6-15(23-12)11-19(18(20)13-3-4-13)14-5-7-16-17(10-14)22-9-8-21-16/h2,5-7,10,13H,3-4,8-9,11H2,1H3. The molecule has 0 radical (unpaired) electrons. The number of aryl methyl sites for hydroxylation is 1. The number of benzene rings is 1. The first-order valence-electron chi connectivity index (χ1n) is 7.97. The molecule has 1 aliphatic carbocycles. The molecule has 4 rings (SSSR count). The predicted molar refractivity (Wildman–Crippen MR) is 90.4 cm³/mol. The SMILES string of the molecule is Cc1ccc(CN(C(=O)C2CC2)c2ccc3c(c2)OCCO3)s1. The quantitative estimate of drug-likeness (QED) is 0.857. The van der Waals surface area contributed by atoms with E-state index in [1.807, 2.05) is 23.1 Å². The molecule has 2 aromatic rings. The van der Waals surface area contributed by atoms with Crippen molar-refractivity contribution in [1.29, 1.82) is 0 Å². The Hall–Kier alpha value is -2.01. The first kappa shape index (κ1) is 14.6. The molecule has 4 nitrogen and oxygen atoms in total. The van der Waals surface area contributed by atoms with Gasteiger partial charge in [-0.05, 0) is 44.0 Å². The molecule has 1 aliphatic heterocycles. The zero-order chi connectivity index (χ0) is 15.8. The molecule has 2 aliphatic rings. The lowest BCUT2D eigenvalue weighted by Gasteiger charge is -2.25. The zero-order valence-electron chi connectivity index (χ0n) is 13.1. The Morgan fingerprint density at radius 2 is 1.96 bits per heavy atom. The fourth-order valence-corrected chi connectivity index (χ4v) is 3.65.